The van der Waals surface area contributed by atoms with E-state index in [4.69, 9.17) is 0 Å². The monoisotopic (exact) mass is 371 g/mol. The highest BCUT2D eigenvalue weighted by Gasteiger charge is 2.15. The predicted octanol–water partition coefficient (Wildman–Crippen LogP) is 1.53. The van der Waals surface area contributed by atoms with Gasteiger partial charge in [-0.05, 0) is 44.5 Å². The molecule has 0 saturated carbocycles. The topological polar surface area (TPSA) is 78.6 Å². The summed E-state index contributed by atoms with van der Waals surface area (Å²) in [7, 11) is 1.88. The van der Waals surface area contributed by atoms with Crippen LogP contribution in [-0.4, -0.2) is 69.7 Å². The van der Waals surface area contributed by atoms with E-state index in [1.54, 1.807) is 17.1 Å². The molecule has 0 radical (unpaired) electrons. The number of nitrogens with one attached hydrogen (secondary N) is 1. The van der Waals surface area contributed by atoms with Gasteiger partial charge in [0.25, 0.3) is 0 Å². The number of pyridine rings is 1. The van der Waals surface area contributed by atoms with E-state index >= 15 is 0 Å². The van der Waals surface area contributed by atoms with Crippen molar-refractivity contribution in [3.63, 3.8) is 0 Å². The molecule has 2 aromatic heterocycles. The van der Waals surface area contributed by atoms with E-state index in [9.17, 15) is 4.79 Å². The zero-order valence-corrected chi connectivity index (χ0v) is 16.6. The number of nitrogens with zero attached hydrogens (tertiary/aromatic N) is 6. The molecule has 0 unspecified atom stereocenters. The van der Waals surface area contributed by atoms with Gasteiger partial charge in [0.1, 0.15) is 0 Å². The zero-order valence-electron chi connectivity index (χ0n) is 16.6. The van der Waals surface area contributed by atoms with Crippen molar-refractivity contribution in [3.8, 4) is 5.82 Å². The van der Waals surface area contributed by atoms with E-state index in [1.807, 2.05) is 62.0 Å². The van der Waals surface area contributed by atoms with Gasteiger partial charge in [-0.1, -0.05) is 0 Å². The van der Waals surface area contributed by atoms with Crippen LogP contribution in [0.1, 0.15) is 26.3 Å². The minimum atomic E-state index is 0.0954. The Morgan fingerprint density at radius 3 is 2.67 bits per heavy atom. The lowest BCUT2D eigenvalue weighted by Crippen LogP contribution is -2.45. The molecule has 1 amide bonds. The molecule has 1 N–H and O–H groups in total. The van der Waals surface area contributed by atoms with Crippen molar-refractivity contribution in [2.24, 2.45) is 4.99 Å². The summed E-state index contributed by atoms with van der Waals surface area (Å²) in [5, 5.41) is 7.45. The number of carbonyl (C=O) groups is 1. The Labute approximate surface area is 160 Å². The average Bonchev–Trinajstić information content (AvgIpc) is 3.21. The number of guanidine groups is 1. The third kappa shape index (κ3) is 5.80. The van der Waals surface area contributed by atoms with Gasteiger partial charge in [-0.2, -0.15) is 5.10 Å². The van der Waals surface area contributed by atoms with E-state index in [-0.39, 0.29) is 5.91 Å². The molecule has 0 atom stereocenters. The first-order chi connectivity index (χ1) is 13.1. The quantitative estimate of drug-likeness (QED) is 0.562. The number of amides is 1. The van der Waals surface area contributed by atoms with Crippen molar-refractivity contribution in [1.82, 2.24) is 29.9 Å². The Morgan fingerprint density at radius 1 is 1.26 bits per heavy atom. The Hall–Kier alpha value is -2.90. The van der Waals surface area contributed by atoms with Crippen LogP contribution in [0.5, 0.6) is 0 Å². The molecule has 0 aromatic carbocycles. The molecule has 8 heteroatoms. The van der Waals surface area contributed by atoms with Crippen LogP contribution < -0.4 is 5.32 Å². The van der Waals surface area contributed by atoms with E-state index in [2.05, 4.69) is 20.4 Å². The lowest BCUT2D eigenvalue weighted by Gasteiger charge is -2.25. The van der Waals surface area contributed by atoms with Crippen LogP contribution >= 0.6 is 0 Å². The summed E-state index contributed by atoms with van der Waals surface area (Å²) in [5.41, 5.74) is 1.02. The van der Waals surface area contributed by atoms with Crippen LogP contribution in [0.4, 0.5) is 0 Å². The van der Waals surface area contributed by atoms with Crippen LogP contribution in [0.15, 0.2) is 41.8 Å². The Balaban J connectivity index is 2.08. The molecule has 0 aliphatic heterocycles. The molecule has 0 bridgehead atoms. The van der Waals surface area contributed by atoms with Gasteiger partial charge in [-0.25, -0.2) is 14.7 Å². The third-order valence-corrected chi connectivity index (χ3v) is 4.15. The van der Waals surface area contributed by atoms with Crippen LogP contribution in [0.2, 0.25) is 0 Å². The first-order valence-electron chi connectivity index (χ1n) is 9.31. The number of carbonyl (C=O) groups excluding carboxylic acids is 1. The Kier molecular flexibility index (Phi) is 7.79. The second-order valence-corrected chi connectivity index (χ2v) is 6.07. The lowest BCUT2D eigenvalue weighted by molar-refractivity contribution is -0.131. The Bertz CT molecular complexity index is 738. The van der Waals surface area contributed by atoms with Crippen LogP contribution in [-0.2, 0) is 11.3 Å². The van der Waals surface area contributed by atoms with Crippen LogP contribution in [0.25, 0.3) is 5.82 Å². The maximum Gasteiger partial charge on any atom is 0.242 e. The average molecular weight is 371 g/mol. The molecular weight excluding hydrogens is 342 g/mol. The standard InChI is InChI=1S/C19H29N7O/c1-5-20-19(24(4)15-18(27)25(6-2)7-3)22-14-16-9-11-21-17(13-16)26-12-8-10-23-26/h8-13H,5-7,14-15H2,1-4H3,(H,20,22). The lowest BCUT2D eigenvalue weighted by atomic mass is 10.2. The van der Waals surface area contributed by atoms with Gasteiger partial charge in [0, 0.05) is 45.3 Å². The molecule has 8 nitrogen and oxygen atoms in total. The summed E-state index contributed by atoms with van der Waals surface area (Å²) in [6.07, 6.45) is 5.33. The summed E-state index contributed by atoms with van der Waals surface area (Å²) < 4.78 is 1.72. The maximum absolute atomic E-state index is 12.4. The summed E-state index contributed by atoms with van der Waals surface area (Å²) in [6, 6.07) is 5.75. The molecule has 0 aliphatic carbocycles. The molecule has 146 valence electrons. The van der Waals surface area contributed by atoms with Crippen LogP contribution in [0.3, 0.4) is 0 Å². The van der Waals surface area contributed by atoms with Gasteiger partial charge < -0.3 is 15.1 Å². The fraction of sp³-hybridized carbons (Fsp3) is 0.474. The number of aromatic nitrogens is 3. The minimum absolute atomic E-state index is 0.0954. The van der Waals surface area contributed by atoms with Crippen molar-refractivity contribution in [2.75, 3.05) is 33.2 Å². The summed E-state index contributed by atoms with van der Waals surface area (Å²) >= 11 is 0. The zero-order chi connectivity index (χ0) is 19.6. The molecule has 0 fully saturated rings. The number of likely N-dealkylation sites (N-methyl/N-ethyl adjacent to an activating group) is 2. The normalized spacial score (nSPS) is 11.3. The fourth-order valence-corrected chi connectivity index (χ4v) is 2.68. The Morgan fingerprint density at radius 2 is 2.04 bits per heavy atom. The molecule has 2 rings (SSSR count). The van der Waals surface area contributed by atoms with Crippen molar-refractivity contribution in [2.45, 2.75) is 27.3 Å². The number of hydrogen-bond donors (Lipinski definition) is 1. The molecular formula is C19H29N7O. The van der Waals surface area contributed by atoms with Crippen molar-refractivity contribution in [1.29, 1.82) is 0 Å². The van der Waals surface area contributed by atoms with Crippen molar-refractivity contribution >= 4 is 11.9 Å². The predicted molar refractivity (Wildman–Crippen MR) is 107 cm³/mol. The molecule has 0 saturated heterocycles. The highest BCUT2D eigenvalue weighted by molar-refractivity contribution is 5.86. The molecule has 0 aliphatic rings. The SMILES string of the molecule is CCNC(=NCc1ccnc(-n2cccn2)c1)N(C)CC(=O)N(CC)CC. The fourth-order valence-electron chi connectivity index (χ4n) is 2.68. The first-order valence-corrected chi connectivity index (χ1v) is 9.31. The highest BCUT2D eigenvalue weighted by atomic mass is 16.2. The van der Waals surface area contributed by atoms with Gasteiger partial charge in [0.15, 0.2) is 11.8 Å². The van der Waals surface area contributed by atoms with E-state index in [1.165, 1.54) is 0 Å². The highest BCUT2D eigenvalue weighted by Crippen LogP contribution is 2.07. The van der Waals surface area contributed by atoms with Crippen molar-refractivity contribution in [3.05, 3.63) is 42.4 Å². The smallest absolute Gasteiger partial charge is 0.242 e. The summed E-state index contributed by atoms with van der Waals surface area (Å²) in [5.74, 6) is 1.55. The summed E-state index contributed by atoms with van der Waals surface area (Å²) in [6.45, 7) is 8.93. The second kappa shape index (κ2) is 10.3. The van der Waals surface area contributed by atoms with Gasteiger partial charge >= 0.3 is 0 Å². The molecule has 0 spiro atoms. The third-order valence-electron chi connectivity index (χ3n) is 4.15. The molecule has 2 aromatic rings. The van der Waals surface area contributed by atoms with E-state index in [0.29, 0.717) is 32.1 Å². The number of rotatable bonds is 8. The van der Waals surface area contributed by atoms with Gasteiger partial charge in [0.05, 0.1) is 13.1 Å². The van der Waals surface area contributed by atoms with Gasteiger partial charge in [-0.15, -0.1) is 0 Å². The van der Waals surface area contributed by atoms with Gasteiger partial charge in [0.2, 0.25) is 5.91 Å². The van der Waals surface area contributed by atoms with Crippen LogP contribution in [0, 0.1) is 0 Å². The number of hydrogen-bond acceptors (Lipinski definition) is 4. The number of aliphatic imine (C=N–C) groups is 1. The first kappa shape index (κ1) is 20.4. The minimum Gasteiger partial charge on any atom is -0.357 e. The largest absolute Gasteiger partial charge is 0.357 e. The summed E-state index contributed by atoms with van der Waals surface area (Å²) in [4.78, 5) is 25.0. The van der Waals surface area contributed by atoms with E-state index in [0.717, 1.165) is 17.9 Å². The second-order valence-electron chi connectivity index (χ2n) is 6.07. The van der Waals surface area contributed by atoms with E-state index < -0.39 is 0 Å². The maximum atomic E-state index is 12.4. The van der Waals surface area contributed by atoms with Crippen molar-refractivity contribution < 1.29 is 4.79 Å². The molecule has 2 heterocycles. The van der Waals surface area contributed by atoms with Gasteiger partial charge in [-0.3, -0.25) is 4.79 Å². The molecule has 27 heavy (non-hydrogen) atoms.